The molecule has 0 amide bonds. The van der Waals surface area contributed by atoms with E-state index in [1.165, 1.54) is 0 Å². The van der Waals surface area contributed by atoms with E-state index in [1.54, 1.807) is 18.0 Å². The van der Waals surface area contributed by atoms with Gasteiger partial charge in [0.25, 0.3) is 0 Å². The van der Waals surface area contributed by atoms with E-state index in [0.717, 1.165) is 34.9 Å². The molecule has 0 saturated heterocycles. The fourth-order valence-electron chi connectivity index (χ4n) is 2.86. The molecule has 5 heteroatoms. The number of rotatable bonds is 5. The number of hydrogen-bond acceptors (Lipinski definition) is 5. The number of benzene rings is 1. The number of anilines is 1. The molecule has 0 bridgehead atoms. The van der Waals surface area contributed by atoms with Crippen molar-refractivity contribution in [3.05, 3.63) is 64.7 Å². The van der Waals surface area contributed by atoms with Crippen molar-refractivity contribution in [2.45, 2.75) is 5.92 Å². The molecule has 0 N–H and O–H groups in total. The minimum atomic E-state index is 0.355. The first-order valence-electron chi connectivity index (χ1n) is 7.68. The third-order valence-corrected chi connectivity index (χ3v) is 5.04. The number of hydrogen-bond donors (Lipinski definition) is 0. The molecule has 0 radical (unpaired) electrons. The SMILES string of the molecule is C=N/C(=C\SCC1CN(C)c2ncc(C#N)cc21)c1ccccc1. The summed E-state index contributed by atoms with van der Waals surface area (Å²) >= 11 is 1.72. The molecule has 1 aromatic carbocycles. The van der Waals surface area contributed by atoms with E-state index < -0.39 is 0 Å². The van der Waals surface area contributed by atoms with Gasteiger partial charge < -0.3 is 4.90 Å². The van der Waals surface area contributed by atoms with E-state index in [0.29, 0.717) is 11.5 Å². The number of pyridine rings is 1. The highest BCUT2D eigenvalue weighted by Gasteiger charge is 2.27. The highest BCUT2D eigenvalue weighted by Crippen LogP contribution is 2.36. The summed E-state index contributed by atoms with van der Waals surface area (Å²) in [5, 5.41) is 11.1. The zero-order valence-corrected chi connectivity index (χ0v) is 14.3. The summed E-state index contributed by atoms with van der Waals surface area (Å²) in [5.74, 6) is 2.25. The van der Waals surface area contributed by atoms with Gasteiger partial charge in [0.1, 0.15) is 11.9 Å². The molecule has 1 unspecified atom stereocenters. The molecule has 1 aromatic heterocycles. The second kappa shape index (κ2) is 7.33. The Morgan fingerprint density at radius 2 is 2.29 bits per heavy atom. The lowest BCUT2D eigenvalue weighted by molar-refractivity contribution is 0.806. The standard InChI is InChI=1S/C19H18N4S/c1-21-18(15-6-4-3-5-7-15)13-24-12-16-11-23(2)19-17(16)8-14(9-20)10-22-19/h3-8,10,13,16H,1,11-12H2,2H3/b18-13-. The van der Waals surface area contributed by atoms with E-state index >= 15 is 0 Å². The summed E-state index contributed by atoms with van der Waals surface area (Å²) in [6, 6.07) is 14.2. The third kappa shape index (κ3) is 3.34. The van der Waals surface area contributed by atoms with Crippen LogP contribution >= 0.6 is 11.8 Å². The average Bonchev–Trinajstić information content (AvgIpc) is 2.95. The van der Waals surface area contributed by atoms with Crippen molar-refractivity contribution in [2.24, 2.45) is 4.99 Å². The summed E-state index contributed by atoms with van der Waals surface area (Å²) in [5.41, 5.74) is 3.73. The summed E-state index contributed by atoms with van der Waals surface area (Å²) in [7, 11) is 2.04. The van der Waals surface area contributed by atoms with Crippen molar-refractivity contribution in [1.82, 2.24) is 4.98 Å². The van der Waals surface area contributed by atoms with Crippen LogP contribution < -0.4 is 4.90 Å². The van der Waals surface area contributed by atoms with Gasteiger partial charge in [-0.2, -0.15) is 5.26 Å². The summed E-state index contributed by atoms with van der Waals surface area (Å²) < 4.78 is 0. The van der Waals surface area contributed by atoms with Gasteiger partial charge in [0.15, 0.2) is 0 Å². The van der Waals surface area contributed by atoms with Crippen molar-refractivity contribution in [3.63, 3.8) is 0 Å². The van der Waals surface area contributed by atoms with Gasteiger partial charge in [0.05, 0.1) is 11.3 Å². The largest absolute Gasteiger partial charge is 0.359 e. The number of nitrogens with zero attached hydrogens (tertiary/aromatic N) is 4. The van der Waals surface area contributed by atoms with Crippen molar-refractivity contribution < 1.29 is 0 Å². The molecule has 3 rings (SSSR count). The molecule has 4 nitrogen and oxygen atoms in total. The van der Waals surface area contributed by atoms with E-state index in [2.05, 4.69) is 33.1 Å². The Morgan fingerprint density at radius 3 is 3.00 bits per heavy atom. The van der Waals surface area contributed by atoms with Crippen LogP contribution in [-0.4, -0.2) is 31.0 Å². The van der Waals surface area contributed by atoms with Crippen molar-refractivity contribution in [1.29, 1.82) is 5.26 Å². The van der Waals surface area contributed by atoms with Crippen LogP contribution in [0.1, 0.15) is 22.6 Å². The van der Waals surface area contributed by atoms with Gasteiger partial charge in [0.2, 0.25) is 0 Å². The molecular formula is C19H18N4S. The predicted octanol–water partition coefficient (Wildman–Crippen LogP) is 3.92. The fourth-order valence-corrected chi connectivity index (χ4v) is 3.84. The number of fused-ring (bicyclic) bond motifs is 1. The topological polar surface area (TPSA) is 52.3 Å². The maximum Gasteiger partial charge on any atom is 0.131 e. The Bertz CT molecular complexity index is 808. The van der Waals surface area contributed by atoms with Gasteiger partial charge in [-0.05, 0) is 18.2 Å². The smallest absolute Gasteiger partial charge is 0.131 e. The minimum absolute atomic E-state index is 0.355. The molecule has 1 aliphatic rings. The summed E-state index contributed by atoms with van der Waals surface area (Å²) in [6.45, 7) is 4.59. The van der Waals surface area contributed by atoms with Gasteiger partial charge in [-0.3, -0.25) is 4.99 Å². The van der Waals surface area contributed by atoms with Crippen molar-refractivity contribution in [2.75, 3.05) is 24.2 Å². The Kier molecular flexibility index (Phi) is 4.97. The van der Waals surface area contributed by atoms with Gasteiger partial charge in [0, 0.05) is 42.6 Å². The molecular weight excluding hydrogens is 316 g/mol. The Labute approximate surface area is 146 Å². The summed E-state index contributed by atoms with van der Waals surface area (Å²) in [6.07, 6.45) is 1.64. The van der Waals surface area contributed by atoms with Crippen LogP contribution in [-0.2, 0) is 0 Å². The molecule has 2 aromatic rings. The lowest BCUT2D eigenvalue weighted by Crippen LogP contribution is -2.16. The second-order valence-electron chi connectivity index (χ2n) is 5.69. The second-order valence-corrected chi connectivity index (χ2v) is 6.59. The van der Waals surface area contributed by atoms with Crippen LogP contribution in [0.15, 0.2) is 53.0 Å². The average molecular weight is 334 g/mol. The third-order valence-electron chi connectivity index (χ3n) is 4.05. The van der Waals surface area contributed by atoms with Crippen LogP contribution in [0.5, 0.6) is 0 Å². The number of aromatic nitrogens is 1. The zero-order chi connectivity index (χ0) is 16.9. The van der Waals surface area contributed by atoms with Crippen molar-refractivity contribution in [3.8, 4) is 6.07 Å². The van der Waals surface area contributed by atoms with E-state index in [9.17, 15) is 0 Å². The number of likely N-dealkylation sites (N-methyl/N-ethyl adjacent to an activating group) is 1. The number of nitriles is 1. The molecule has 0 saturated carbocycles. The number of aliphatic imine (C=N–C) groups is 1. The molecule has 0 fully saturated rings. The molecule has 0 aliphatic carbocycles. The number of thioether (sulfide) groups is 1. The molecule has 120 valence electrons. The van der Waals surface area contributed by atoms with Crippen LogP contribution in [0, 0.1) is 11.3 Å². The van der Waals surface area contributed by atoms with E-state index in [4.69, 9.17) is 5.26 Å². The fraction of sp³-hybridized carbons (Fsp3) is 0.211. The molecule has 24 heavy (non-hydrogen) atoms. The highest BCUT2D eigenvalue weighted by molar-refractivity contribution is 8.02. The van der Waals surface area contributed by atoms with Gasteiger partial charge in [-0.15, -0.1) is 11.8 Å². The highest BCUT2D eigenvalue weighted by atomic mass is 32.2. The van der Waals surface area contributed by atoms with Crippen LogP contribution in [0.4, 0.5) is 5.82 Å². The maximum atomic E-state index is 9.09. The quantitative estimate of drug-likeness (QED) is 0.778. The first-order chi connectivity index (χ1) is 11.7. The lowest BCUT2D eigenvalue weighted by Gasteiger charge is -2.11. The molecule has 0 spiro atoms. The van der Waals surface area contributed by atoms with Gasteiger partial charge in [-0.1, -0.05) is 30.3 Å². The van der Waals surface area contributed by atoms with Crippen LogP contribution in [0.2, 0.25) is 0 Å². The lowest BCUT2D eigenvalue weighted by atomic mass is 10.0. The Hall–Kier alpha value is -2.58. The monoisotopic (exact) mass is 334 g/mol. The van der Waals surface area contributed by atoms with Crippen LogP contribution in [0.25, 0.3) is 5.70 Å². The van der Waals surface area contributed by atoms with Gasteiger partial charge in [-0.25, -0.2) is 4.98 Å². The maximum absolute atomic E-state index is 9.09. The van der Waals surface area contributed by atoms with E-state index in [1.807, 2.05) is 43.4 Å². The van der Waals surface area contributed by atoms with Crippen molar-refractivity contribution >= 4 is 30.0 Å². The zero-order valence-electron chi connectivity index (χ0n) is 13.5. The Balaban J connectivity index is 1.73. The molecule has 1 atom stereocenters. The minimum Gasteiger partial charge on any atom is -0.359 e. The predicted molar refractivity (Wildman–Crippen MR) is 101 cm³/mol. The Morgan fingerprint density at radius 1 is 1.50 bits per heavy atom. The van der Waals surface area contributed by atoms with Crippen LogP contribution in [0.3, 0.4) is 0 Å². The first-order valence-corrected chi connectivity index (χ1v) is 8.73. The summed E-state index contributed by atoms with van der Waals surface area (Å²) in [4.78, 5) is 10.7. The molecule has 2 heterocycles. The van der Waals surface area contributed by atoms with Gasteiger partial charge >= 0.3 is 0 Å². The van der Waals surface area contributed by atoms with E-state index in [-0.39, 0.29) is 0 Å². The normalized spacial score (nSPS) is 16.6. The first kappa shape index (κ1) is 16.3. The molecule has 1 aliphatic heterocycles.